The van der Waals surface area contributed by atoms with Crippen molar-refractivity contribution < 1.29 is 4.79 Å². The minimum absolute atomic E-state index is 0.0253. The Morgan fingerprint density at radius 2 is 2.39 bits per heavy atom. The lowest BCUT2D eigenvalue weighted by atomic mass is 10.1. The Bertz CT molecular complexity index is 505. The lowest BCUT2D eigenvalue weighted by molar-refractivity contribution is 0.0673. The molecule has 2 aromatic rings. The van der Waals surface area contributed by atoms with Crippen LogP contribution in [-0.4, -0.2) is 43.6 Å². The molecule has 2 aromatic heterocycles. The number of carbonyl (C=O) groups is 1. The zero-order chi connectivity index (χ0) is 12.4. The van der Waals surface area contributed by atoms with Crippen LogP contribution in [0.25, 0.3) is 0 Å². The molecule has 94 valence electrons. The van der Waals surface area contributed by atoms with Crippen molar-refractivity contribution in [3.63, 3.8) is 0 Å². The topological polar surface area (TPSA) is 66.8 Å². The van der Waals surface area contributed by atoms with Gasteiger partial charge in [-0.3, -0.25) is 9.89 Å². The van der Waals surface area contributed by atoms with E-state index in [4.69, 9.17) is 0 Å². The van der Waals surface area contributed by atoms with Crippen LogP contribution >= 0.6 is 0 Å². The molecule has 0 aromatic carbocycles. The highest BCUT2D eigenvalue weighted by atomic mass is 16.2. The minimum atomic E-state index is 0.0253. The average molecular weight is 245 g/mol. The molecule has 1 atom stereocenters. The number of nitrogens with one attached hydrogen (secondary N) is 1. The molecule has 1 fully saturated rings. The van der Waals surface area contributed by atoms with Gasteiger partial charge in [0, 0.05) is 31.7 Å². The van der Waals surface area contributed by atoms with Crippen molar-refractivity contribution in [2.45, 2.75) is 18.9 Å². The number of carbonyl (C=O) groups excluding carboxylic acids is 1. The van der Waals surface area contributed by atoms with Gasteiger partial charge in [-0.25, -0.2) is 4.98 Å². The van der Waals surface area contributed by atoms with E-state index in [0.717, 1.165) is 25.9 Å². The Hall–Kier alpha value is -2.11. The molecule has 0 radical (unpaired) electrons. The molecule has 1 unspecified atom stereocenters. The molecule has 0 spiro atoms. The third kappa shape index (κ3) is 2.01. The number of amides is 1. The third-order valence-corrected chi connectivity index (χ3v) is 3.36. The van der Waals surface area contributed by atoms with Crippen molar-refractivity contribution in [1.29, 1.82) is 0 Å². The molecular weight excluding hydrogens is 230 g/mol. The van der Waals surface area contributed by atoms with Gasteiger partial charge in [0.2, 0.25) is 0 Å². The molecule has 3 heterocycles. The van der Waals surface area contributed by atoms with Gasteiger partial charge in [-0.1, -0.05) is 0 Å². The van der Waals surface area contributed by atoms with Gasteiger partial charge in [0.25, 0.3) is 5.91 Å². The van der Waals surface area contributed by atoms with Crippen molar-refractivity contribution in [3.05, 3.63) is 36.7 Å². The van der Waals surface area contributed by atoms with Crippen LogP contribution < -0.4 is 0 Å². The van der Waals surface area contributed by atoms with E-state index in [1.807, 2.05) is 17.4 Å². The van der Waals surface area contributed by atoms with Gasteiger partial charge in [-0.15, -0.1) is 0 Å². The van der Waals surface area contributed by atoms with Crippen LogP contribution in [0.1, 0.15) is 29.4 Å². The van der Waals surface area contributed by atoms with Crippen LogP contribution in [0.2, 0.25) is 0 Å². The largest absolute Gasteiger partial charge is 0.335 e. The van der Waals surface area contributed by atoms with Crippen molar-refractivity contribution in [3.8, 4) is 0 Å². The predicted octanol–water partition coefficient (Wildman–Crippen LogP) is 1.08. The maximum Gasteiger partial charge on any atom is 0.271 e. The zero-order valence-corrected chi connectivity index (χ0v) is 9.99. The van der Waals surface area contributed by atoms with E-state index < -0.39 is 0 Å². The van der Waals surface area contributed by atoms with Crippen molar-refractivity contribution >= 4 is 5.91 Å². The monoisotopic (exact) mass is 245 g/mol. The molecule has 6 nitrogen and oxygen atoms in total. The van der Waals surface area contributed by atoms with E-state index in [1.54, 1.807) is 18.5 Å². The molecule has 0 saturated carbocycles. The lowest BCUT2D eigenvalue weighted by Gasteiger charge is -2.33. The van der Waals surface area contributed by atoms with Crippen LogP contribution in [0.3, 0.4) is 0 Å². The van der Waals surface area contributed by atoms with Crippen molar-refractivity contribution in [2.75, 3.05) is 13.1 Å². The first-order valence-electron chi connectivity index (χ1n) is 6.10. The van der Waals surface area contributed by atoms with Gasteiger partial charge in [0.15, 0.2) is 0 Å². The van der Waals surface area contributed by atoms with E-state index in [2.05, 4.69) is 19.7 Å². The standard InChI is InChI=1S/C12H15N5O/c18-12(11-3-4-14-15-11)16-6-1-2-10(8-16)17-7-5-13-9-17/h3-5,7,9-10H,1-2,6,8H2,(H,14,15). The first kappa shape index (κ1) is 11.0. The van der Waals surface area contributed by atoms with Crippen LogP contribution in [0, 0.1) is 0 Å². The Labute approximate surface area is 105 Å². The van der Waals surface area contributed by atoms with E-state index in [-0.39, 0.29) is 5.91 Å². The number of piperidine rings is 1. The van der Waals surface area contributed by atoms with Gasteiger partial charge >= 0.3 is 0 Å². The molecule has 1 aliphatic heterocycles. The highest BCUT2D eigenvalue weighted by molar-refractivity contribution is 5.92. The quantitative estimate of drug-likeness (QED) is 0.861. The SMILES string of the molecule is O=C(c1ccn[nH]1)N1CCCC(n2ccnc2)C1. The summed E-state index contributed by atoms with van der Waals surface area (Å²) in [6.45, 7) is 1.54. The summed E-state index contributed by atoms with van der Waals surface area (Å²) in [6.07, 6.45) is 9.25. The van der Waals surface area contributed by atoms with Gasteiger partial charge in [-0.05, 0) is 18.9 Å². The summed E-state index contributed by atoms with van der Waals surface area (Å²) < 4.78 is 2.08. The van der Waals surface area contributed by atoms with Crippen LogP contribution in [0.15, 0.2) is 31.0 Å². The number of imidazole rings is 1. The number of hydrogen-bond donors (Lipinski definition) is 1. The normalized spacial score (nSPS) is 20.0. The summed E-state index contributed by atoms with van der Waals surface area (Å²) in [5.41, 5.74) is 0.557. The Balaban J connectivity index is 1.73. The van der Waals surface area contributed by atoms with Crippen LogP contribution in [0.5, 0.6) is 0 Å². The zero-order valence-electron chi connectivity index (χ0n) is 9.99. The lowest BCUT2D eigenvalue weighted by Crippen LogP contribution is -2.40. The van der Waals surface area contributed by atoms with E-state index >= 15 is 0 Å². The first-order chi connectivity index (χ1) is 8.84. The first-order valence-corrected chi connectivity index (χ1v) is 6.10. The number of nitrogens with zero attached hydrogens (tertiary/aromatic N) is 4. The molecule has 0 aliphatic carbocycles. The average Bonchev–Trinajstić information content (AvgIpc) is 3.11. The Morgan fingerprint density at radius 1 is 1.44 bits per heavy atom. The van der Waals surface area contributed by atoms with Crippen LogP contribution in [0.4, 0.5) is 0 Å². The highest BCUT2D eigenvalue weighted by Crippen LogP contribution is 2.22. The molecule has 1 saturated heterocycles. The molecule has 18 heavy (non-hydrogen) atoms. The molecular formula is C12H15N5O. The minimum Gasteiger partial charge on any atom is -0.335 e. The maximum absolute atomic E-state index is 12.2. The summed E-state index contributed by atoms with van der Waals surface area (Å²) in [5, 5.41) is 6.54. The second-order valence-corrected chi connectivity index (χ2v) is 4.53. The predicted molar refractivity (Wildman–Crippen MR) is 65.0 cm³/mol. The molecule has 6 heteroatoms. The molecule has 1 N–H and O–H groups in total. The fourth-order valence-electron chi connectivity index (χ4n) is 2.41. The number of aromatic amines is 1. The molecule has 0 bridgehead atoms. The maximum atomic E-state index is 12.2. The third-order valence-electron chi connectivity index (χ3n) is 3.36. The van der Waals surface area contributed by atoms with E-state index in [1.165, 1.54) is 0 Å². The highest BCUT2D eigenvalue weighted by Gasteiger charge is 2.25. The van der Waals surface area contributed by atoms with Crippen molar-refractivity contribution in [2.24, 2.45) is 0 Å². The summed E-state index contributed by atoms with van der Waals surface area (Å²) in [6, 6.07) is 2.04. The second kappa shape index (κ2) is 4.64. The van der Waals surface area contributed by atoms with Gasteiger partial charge in [-0.2, -0.15) is 5.10 Å². The van der Waals surface area contributed by atoms with Crippen LogP contribution in [-0.2, 0) is 0 Å². The summed E-state index contributed by atoms with van der Waals surface area (Å²) in [5.74, 6) is 0.0253. The van der Waals surface area contributed by atoms with Crippen molar-refractivity contribution in [1.82, 2.24) is 24.6 Å². The summed E-state index contributed by atoms with van der Waals surface area (Å²) in [4.78, 5) is 18.1. The van der Waals surface area contributed by atoms with E-state index in [9.17, 15) is 4.79 Å². The summed E-state index contributed by atoms with van der Waals surface area (Å²) >= 11 is 0. The van der Waals surface area contributed by atoms with E-state index in [0.29, 0.717) is 11.7 Å². The number of hydrogen-bond acceptors (Lipinski definition) is 3. The van der Waals surface area contributed by atoms with Gasteiger partial charge < -0.3 is 9.47 Å². The fraction of sp³-hybridized carbons (Fsp3) is 0.417. The van der Waals surface area contributed by atoms with Gasteiger partial charge in [0.1, 0.15) is 5.69 Å². The number of rotatable bonds is 2. The molecule has 1 aliphatic rings. The summed E-state index contributed by atoms with van der Waals surface area (Å²) in [7, 11) is 0. The Kier molecular flexibility index (Phi) is 2.84. The number of aromatic nitrogens is 4. The number of likely N-dealkylation sites (tertiary alicyclic amines) is 1. The Morgan fingerprint density at radius 3 is 3.11 bits per heavy atom. The van der Waals surface area contributed by atoms with Gasteiger partial charge in [0.05, 0.1) is 12.4 Å². The number of H-pyrrole nitrogens is 1. The molecule has 1 amide bonds. The fourth-order valence-corrected chi connectivity index (χ4v) is 2.41. The molecule has 3 rings (SSSR count). The second-order valence-electron chi connectivity index (χ2n) is 4.53. The smallest absolute Gasteiger partial charge is 0.271 e.